The summed E-state index contributed by atoms with van der Waals surface area (Å²) in [5.74, 6) is 0.860. The smallest absolute Gasteiger partial charge is 0.0697 e. The maximum atomic E-state index is 9.16. The molecule has 0 heterocycles. The highest BCUT2D eigenvalue weighted by atomic mass is 14.3. The molecule has 1 atom stereocenters. The van der Waals surface area contributed by atoms with Gasteiger partial charge in [0.1, 0.15) is 0 Å². The molecule has 0 N–H and O–H groups in total. The number of allylic oxidation sites excluding steroid dienone is 1. The van der Waals surface area contributed by atoms with Crippen LogP contribution in [-0.4, -0.2) is 0 Å². The minimum Gasteiger partial charge on any atom is -0.198 e. The standard InChI is InChI=1S/C16H19N/c17-13-16(12-15-8-4-5-9-15)11-10-14-6-2-1-3-7-14/h1-3,6-7,10-11,15-16H,4-5,8-9,12H2/b11-10+. The zero-order chi connectivity index (χ0) is 11.9. The largest absolute Gasteiger partial charge is 0.198 e. The molecule has 1 aliphatic rings. The summed E-state index contributed by atoms with van der Waals surface area (Å²) in [5, 5.41) is 9.16. The van der Waals surface area contributed by atoms with Gasteiger partial charge in [0, 0.05) is 0 Å². The van der Waals surface area contributed by atoms with Crippen LogP contribution in [0.1, 0.15) is 37.7 Å². The van der Waals surface area contributed by atoms with Crippen molar-refractivity contribution >= 4 is 6.08 Å². The molecule has 0 bridgehead atoms. The molecule has 88 valence electrons. The van der Waals surface area contributed by atoms with Gasteiger partial charge in [-0.25, -0.2) is 0 Å². The Morgan fingerprint density at radius 2 is 1.94 bits per heavy atom. The van der Waals surface area contributed by atoms with E-state index in [4.69, 9.17) is 5.26 Å². The van der Waals surface area contributed by atoms with E-state index in [-0.39, 0.29) is 5.92 Å². The number of hydrogen-bond donors (Lipinski definition) is 0. The second kappa shape index (κ2) is 6.25. The van der Waals surface area contributed by atoms with Gasteiger partial charge in [-0.1, -0.05) is 68.2 Å². The average molecular weight is 225 g/mol. The molecule has 1 fully saturated rings. The number of nitriles is 1. The number of benzene rings is 1. The Bertz CT molecular complexity index is 393. The topological polar surface area (TPSA) is 23.8 Å². The molecular formula is C16H19N. The quantitative estimate of drug-likeness (QED) is 0.744. The molecule has 1 aromatic carbocycles. The van der Waals surface area contributed by atoms with Crippen molar-refractivity contribution in [2.24, 2.45) is 11.8 Å². The molecule has 0 amide bonds. The fourth-order valence-corrected chi connectivity index (χ4v) is 2.57. The van der Waals surface area contributed by atoms with Crippen molar-refractivity contribution in [2.45, 2.75) is 32.1 Å². The second-order valence-corrected chi connectivity index (χ2v) is 4.89. The van der Waals surface area contributed by atoms with Gasteiger partial charge in [-0.05, 0) is 17.9 Å². The van der Waals surface area contributed by atoms with Gasteiger partial charge >= 0.3 is 0 Å². The van der Waals surface area contributed by atoms with Crippen LogP contribution in [0.2, 0.25) is 0 Å². The lowest BCUT2D eigenvalue weighted by Crippen LogP contribution is -2.01. The molecule has 1 aliphatic carbocycles. The van der Waals surface area contributed by atoms with Crippen molar-refractivity contribution in [3.8, 4) is 6.07 Å². The summed E-state index contributed by atoms with van der Waals surface area (Å²) in [4.78, 5) is 0. The van der Waals surface area contributed by atoms with E-state index in [0.717, 1.165) is 12.3 Å². The molecular weight excluding hydrogens is 206 g/mol. The summed E-state index contributed by atoms with van der Waals surface area (Å²) in [7, 11) is 0. The van der Waals surface area contributed by atoms with E-state index >= 15 is 0 Å². The second-order valence-electron chi connectivity index (χ2n) is 4.89. The monoisotopic (exact) mass is 225 g/mol. The lowest BCUT2D eigenvalue weighted by Gasteiger charge is -2.10. The molecule has 1 nitrogen and oxygen atoms in total. The summed E-state index contributed by atoms with van der Waals surface area (Å²) in [6, 6.07) is 12.6. The molecule has 1 unspecified atom stereocenters. The van der Waals surface area contributed by atoms with Crippen molar-refractivity contribution in [2.75, 3.05) is 0 Å². The van der Waals surface area contributed by atoms with Crippen molar-refractivity contribution < 1.29 is 0 Å². The van der Waals surface area contributed by atoms with Crippen LogP contribution in [0.4, 0.5) is 0 Å². The van der Waals surface area contributed by atoms with Gasteiger partial charge in [0.15, 0.2) is 0 Å². The van der Waals surface area contributed by atoms with Crippen LogP contribution in [0.25, 0.3) is 6.08 Å². The molecule has 1 saturated carbocycles. The molecule has 0 radical (unpaired) electrons. The van der Waals surface area contributed by atoms with Crippen molar-refractivity contribution in [3.63, 3.8) is 0 Å². The first-order valence-corrected chi connectivity index (χ1v) is 6.51. The fourth-order valence-electron chi connectivity index (χ4n) is 2.57. The van der Waals surface area contributed by atoms with E-state index in [0.29, 0.717) is 0 Å². The molecule has 17 heavy (non-hydrogen) atoms. The molecule has 0 saturated heterocycles. The minimum absolute atomic E-state index is 0.0818. The Labute approximate surface area is 104 Å². The SMILES string of the molecule is N#CC(/C=C/c1ccccc1)CC1CCCC1. The predicted octanol–water partition coefficient (Wildman–Crippen LogP) is 4.42. The Balaban J connectivity index is 1.91. The maximum Gasteiger partial charge on any atom is 0.0697 e. The Kier molecular flexibility index (Phi) is 4.38. The van der Waals surface area contributed by atoms with Crippen LogP contribution in [-0.2, 0) is 0 Å². The van der Waals surface area contributed by atoms with Crippen molar-refractivity contribution in [1.29, 1.82) is 5.26 Å². The molecule has 0 aromatic heterocycles. The lowest BCUT2D eigenvalue weighted by molar-refractivity contribution is 0.470. The summed E-state index contributed by atoms with van der Waals surface area (Å²) in [6.45, 7) is 0. The molecule has 1 heteroatoms. The average Bonchev–Trinajstić information content (AvgIpc) is 2.88. The van der Waals surface area contributed by atoms with Crippen molar-refractivity contribution in [1.82, 2.24) is 0 Å². The van der Waals surface area contributed by atoms with Gasteiger partial charge in [0.05, 0.1) is 12.0 Å². The third-order valence-electron chi connectivity index (χ3n) is 3.55. The Morgan fingerprint density at radius 1 is 1.24 bits per heavy atom. The highest BCUT2D eigenvalue weighted by molar-refractivity contribution is 5.49. The molecule has 1 aromatic rings. The fraction of sp³-hybridized carbons (Fsp3) is 0.438. The summed E-state index contributed by atoms with van der Waals surface area (Å²) in [6.07, 6.45) is 10.5. The highest BCUT2D eigenvalue weighted by Gasteiger charge is 2.18. The molecule has 0 spiro atoms. The van der Waals surface area contributed by atoms with E-state index in [1.165, 1.54) is 31.2 Å². The van der Waals surface area contributed by atoms with E-state index in [1.54, 1.807) is 0 Å². The number of nitrogens with zero attached hydrogens (tertiary/aromatic N) is 1. The zero-order valence-electron chi connectivity index (χ0n) is 10.2. The van der Waals surface area contributed by atoms with Gasteiger partial charge in [-0.15, -0.1) is 0 Å². The third-order valence-corrected chi connectivity index (χ3v) is 3.55. The van der Waals surface area contributed by atoms with E-state index in [2.05, 4.69) is 30.4 Å². The molecule has 0 aliphatic heterocycles. The first kappa shape index (κ1) is 11.9. The predicted molar refractivity (Wildman–Crippen MR) is 71.2 cm³/mol. The summed E-state index contributed by atoms with van der Waals surface area (Å²) in [5.41, 5.74) is 1.18. The normalized spacial score (nSPS) is 18.3. The zero-order valence-corrected chi connectivity index (χ0v) is 10.2. The molecule has 2 rings (SSSR count). The van der Waals surface area contributed by atoms with Crippen molar-refractivity contribution in [3.05, 3.63) is 42.0 Å². The van der Waals surface area contributed by atoms with E-state index < -0.39 is 0 Å². The van der Waals surface area contributed by atoms with E-state index in [9.17, 15) is 0 Å². The number of rotatable bonds is 4. The van der Waals surface area contributed by atoms with Crippen LogP contribution < -0.4 is 0 Å². The highest BCUT2D eigenvalue weighted by Crippen LogP contribution is 2.30. The third kappa shape index (κ3) is 3.75. The first-order valence-electron chi connectivity index (χ1n) is 6.51. The Hall–Kier alpha value is -1.55. The first-order chi connectivity index (χ1) is 8.38. The summed E-state index contributed by atoms with van der Waals surface area (Å²) < 4.78 is 0. The van der Waals surface area contributed by atoms with Crippen LogP contribution in [0.5, 0.6) is 0 Å². The van der Waals surface area contributed by atoms with Gasteiger partial charge in [-0.2, -0.15) is 5.26 Å². The van der Waals surface area contributed by atoms with Gasteiger partial charge in [0.2, 0.25) is 0 Å². The minimum atomic E-state index is 0.0818. The van der Waals surface area contributed by atoms with E-state index in [1.807, 2.05) is 18.2 Å². The van der Waals surface area contributed by atoms with Gasteiger partial charge in [0.25, 0.3) is 0 Å². The van der Waals surface area contributed by atoms with Crippen LogP contribution in [0.15, 0.2) is 36.4 Å². The van der Waals surface area contributed by atoms with Crippen LogP contribution in [0.3, 0.4) is 0 Å². The maximum absolute atomic E-state index is 9.16. The van der Waals surface area contributed by atoms with Crippen LogP contribution in [0, 0.1) is 23.2 Å². The summed E-state index contributed by atoms with van der Waals surface area (Å²) >= 11 is 0. The van der Waals surface area contributed by atoms with Gasteiger partial charge in [-0.3, -0.25) is 0 Å². The van der Waals surface area contributed by atoms with Gasteiger partial charge < -0.3 is 0 Å². The van der Waals surface area contributed by atoms with Crippen LogP contribution >= 0.6 is 0 Å². The number of hydrogen-bond acceptors (Lipinski definition) is 1. The Morgan fingerprint density at radius 3 is 2.59 bits per heavy atom. The lowest BCUT2D eigenvalue weighted by atomic mass is 9.93.